The molecule has 5 nitrogen and oxygen atoms in total. The third-order valence-electron chi connectivity index (χ3n) is 3.79. The zero-order valence-electron chi connectivity index (χ0n) is 12.8. The van der Waals surface area contributed by atoms with Crippen molar-refractivity contribution in [2.45, 2.75) is 40.2 Å². The van der Waals surface area contributed by atoms with E-state index in [0.29, 0.717) is 17.6 Å². The van der Waals surface area contributed by atoms with Crippen molar-refractivity contribution in [2.24, 2.45) is 5.41 Å². The highest BCUT2D eigenvalue weighted by Crippen LogP contribution is 2.29. The monoisotopic (exact) mass is 290 g/mol. The summed E-state index contributed by atoms with van der Waals surface area (Å²) < 4.78 is 1.98. The smallest absolute Gasteiger partial charge is 0.337 e. The first-order chi connectivity index (χ1) is 9.85. The van der Waals surface area contributed by atoms with Crippen LogP contribution in [-0.4, -0.2) is 32.3 Å². The standard InChI is InChI=1S/C16H22N2O3/c1-11-17-13-7-4-6-12(15(20)21)14(13)18(11)10-16(2,3)8-5-9-19/h4,6-7,19H,5,8-10H2,1-3H3,(H,20,21). The van der Waals surface area contributed by atoms with Crippen molar-refractivity contribution in [3.8, 4) is 0 Å². The molecule has 2 N–H and O–H groups in total. The van der Waals surface area contributed by atoms with Crippen LogP contribution in [-0.2, 0) is 6.54 Å². The van der Waals surface area contributed by atoms with Gasteiger partial charge in [-0.25, -0.2) is 9.78 Å². The highest BCUT2D eigenvalue weighted by molar-refractivity contribution is 6.01. The molecule has 2 aromatic rings. The van der Waals surface area contributed by atoms with E-state index in [4.69, 9.17) is 5.11 Å². The Balaban J connectivity index is 2.48. The Morgan fingerprint density at radius 2 is 2.10 bits per heavy atom. The van der Waals surface area contributed by atoms with Crippen molar-refractivity contribution in [1.29, 1.82) is 0 Å². The van der Waals surface area contributed by atoms with Gasteiger partial charge in [-0.05, 0) is 37.3 Å². The van der Waals surface area contributed by atoms with Gasteiger partial charge in [-0.2, -0.15) is 0 Å². The normalized spacial score (nSPS) is 12.0. The number of carbonyl (C=O) groups is 1. The molecule has 114 valence electrons. The lowest BCUT2D eigenvalue weighted by molar-refractivity contribution is 0.0698. The summed E-state index contributed by atoms with van der Waals surface area (Å²) in [4.78, 5) is 15.9. The van der Waals surface area contributed by atoms with Gasteiger partial charge in [0.2, 0.25) is 0 Å². The Kier molecular flexibility index (Phi) is 4.32. The van der Waals surface area contributed by atoms with E-state index < -0.39 is 5.97 Å². The first-order valence-electron chi connectivity index (χ1n) is 7.16. The van der Waals surface area contributed by atoms with E-state index in [9.17, 15) is 9.90 Å². The number of nitrogens with zero attached hydrogens (tertiary/aromatic N) is 2. The predicted octanol–water partition coefficient (Wildman–Crippen LogP) is 2.84. The van der Waals surface area contributed by atoms with Crippen molar-refractivity contribution in [3.63, 3.8) is 0 Å². The summed E-state index contributed by atoms with van der Waals surface area (Å²) in [5.74, 6) is -0.120. The number of hydrogen-bond donors (Lipinski definition) is 2. The maximum Gasteiger partial charge on any atom is 0.337 e. The van der Waals surface area contributed by atoms with Crippen LogP contribution in [0.4, 0.5) is 0 Å². The number of fused-ring (bicyclic) bond motifs is 1. The molecule has 21 heavy (non-hydrogen) atoms. The molecule has 0 amide bonds. The van der Waals surface area contributed by atoms with Gasteiger partial charge in [-0.15, -0.1) is 0 Å². The molecule has 0 saturated carbocycles. The minimum Gasteiger partial charge on any atom is -0.478 e. The van der Waals surface area contributed by atoms with Gasteiger partial charge in [-0.1, -0.05) is 19.9 Å². The van der Waals surface area contributed by atoms with Gasteiger partial charge in [0.15, 0.2) is 0 Å². The quantitative estimate of drug-likeness (QED) is 0.857. The molecule has 0 bridgehead atoms. The Morgan fingerprint density at radius 3 is 2.71 bits per heavy atom. The van der Waals surface area contributed by atoms with E-state index in [-0.39, 0.29) is 17.6 Å². The van der Waals surface area contributed by atoms with Gasteiger partial charge in [0.25, 0.3) is 0 Å². The van der Waals surface area contributed by atoms with Gasteiger partial charge in [-0.3, -0.25) is 0 Å². The number of aryl methyl sites for hydroxylation is 1. The second-order valence-electron chi connectivity index (χ2n) is 6.21. The number of carboxylic acid groups (broad SMARTS) is 1. The van der Waals surface area contributed by atoms with Crippen LogP contribution in [0.5, 0.6) is 0 Å². The third kappa shape index (κ3) is 3.24. The molecule has 1 aromatic carbocycles. The summed E-state index contributed by atoms with van der Waals surface area (Å²) in [5.41, 5.74) is 1.64. The van der Waals surface area contributed by atoms with Gasteiger partial charge in [0.05, 0.1) is 16.6 Å². The van der Waals surface area contributed by atoms with Crippen LogP contribution in [0.3, 0.4) is 0 Å². The molecule has 0 spiro atoms. The van der Waals surface area contributed by atoms with Crippen molar-refractivity contribution in [1.82, 2.24) is 9.55 Å². The van der Waals surface area contributed by atoms with Crippen LogP contribution in [0.15, 0.2) is 18.2 Å². The molecule has 0 aliphatic rings. The fourth-order valence-electron chi connectivity index (χ4n) is 2.73. The van der Waals surface area contributed by atoms with Crippen LogP contribution >= 0.6 is 0 Å². The molecule has 5 heteroatoms. The molecule has 0 radical (unpaired) electrons. The highest BCUT2D eigenvalue weighted by atomic mass is 16.4. The molecule has 0 fully saturated rings. The maximum absolute atomic E-state index is 11.4. The molecule has 0 aliphatic heterocycles. The number of rotatable bonds is 6. The topological polar surface area (TPSA) is 75.3 Å². The van der Waals surface area contributed by atoms with Crippen molar-refractivity contribution in [3.05, 3.63) is 29.6 Å². The summed E-state index contributed by atoms with van der Waals surface area (Å²) in [6.07, 6.45) is 1.61. The Bertz CT molecular complexity index is 659. The predicted molar refractivity (Wildman–Crippen MR) is 81.5 cm³/mol. The lowest BCUT2D eigenvalue weighted by atomic mass is 9.87. The molecule has 2 rings (SSSR count). The minimum atomic E-state index is -0.935. The van der Waals surface area contributed by atoms with Gasteiger partial charge in [0.1, 0.15) is 5.82 Å². The lowest BCUT2D eigenvalue weighted by Crippen LogP contribution is -2.21. The number of aliphatic hydroxyl groups is 1. The van der Waals surface area contributed by atoms with E-state index in [1.54, 1.807) is 12.1 Å². The number of para-hydroxylation sites is 1. The zero-order chi connectivity index (χ0) is 15.6. The van der Waals surface area contributed by atoms with Crippen LogP contribution in [0.1, 0.15) is 42.9 Å². The number of aromatic carboxylic acids is 1. The van der Waals surface area contributed by atoms with Crippen LogP contribution in [0, 0.1) is 12.3 Å². The number of benzene rings is 1. The van der Waals surface area contributed by atoms with E-state index in [1.165, 1.54) is 0 Å². The fourth-order valence-corrected chi connectivity index (χ4v) is 2.73. The van der Waals surface area contributed by atoms with E-state index >= 15 is 0 Å². The van der Waals surface area contributed by atoms with E-state index in [1.807, 2.05) is 17.6 Å². The SMILES string of the molecule is Cc1nc2cccc(C(=O)O)c2n1CC(C)(C)CCCO. The second-order valence-corrected chi connectivity index (χ2v) is 6.21. The summed E-state index contributed by atoms with van der Waals surface area (Å²) in [6.45, 7) is 7.00. The Morgan fingerprint density at radius 1 is 1.38 bits per heavy atom. The number of carboxylic acids is 1. The molecular formula is C16H22N2O3. The van der Waals surface area contributed by atoms with E-state index in [2.05, 4.69) is 18.8 Å². The van der Waals surface area contributed by atoms with Crippen LogP contribution in [0.25, 0.3) is 11.0 Å². The van der Waals surface area contributed by atoms with E-state index in [0.717, 1.165) is 18.7 Å². The Hall–Kier alpha value is -1.88. The first kappa shape index (κ1) is 15.5. The molecule has 0 aliphatic carbocycles. The highest BCUT2D eigenvalue weighted by Gasteiger charge is 2.23. The largest absolute Gasteiger partial charge is 0.478 e. The van der Waals surface area contributed by atoms with Crippen LogP contribution in [0.2, 0.25) is 0 Å². The van der Waals surface area contributed by atoms with Gasteiger partial charge in [0, 0.05) is 13.2 Å². The maximum atomic E-state index is 11.4. The minimum absolute atomic E-state index is 0.0350. The van der Waals surface area contributed by atoms with Gasteiger partial charge >= 0.3 is 5.97 Å². The zero-order valence-corrected chi connectivity index (χ0v) is 12.8. The number of hydrogen-bond acceptors (Lipinski definition) is 3. The average molecular weight is 290 g/mol. The molecule has 0 saturated heterocycles. The summed E-state index contributed by atoms with van der Waals surface area (Å²) in [6, 6.07) is 5.18. The lowest BCUT2D eigenvalue weighted by Gasteiger charge is -2.26. The molecule has 0 unspecified atom stereocenters. The summed E-state index contributed by atoms with van der Waals surface area (Å²) >= 11 is 0. The van der Waals surface area contributed by atoms with Crippen molar-refractivity contribution in [2.75, 3.05) is 6.61 Å². The van der Waals surface area contributed by atoms with Crippen molar-refractivity contribution < 1.29 is 15.0 Å². The van der Waals surface area contributed by atoms with Crippen molar-refractivity contribution >= 4 is 17.0 Å². The average Bonchev–Trinajstić information content (AvgIpc) is 2.72. The third-order valence-corrected chi connectivity index (χ3v) is 3.79. The second kappa shape index (κ2) is 5.85. The Labute approximate surface area is 124 Å². The number of aliphatic hydroxyl groups excluding tert-OH is 1. The summed E-state index contributed by atoms with van der Waals surface area (Å²) in [7, 11) is 0. The molecular weight excluding hydrogens is 268 g/mol. The fraction of sp³-hybridized carbons (Fsp3) is 0.500. The van der Waals surface area contributed by atoms with Gasteiger partial charge < -0.3 is 14.8 Å². The van der Waals surface area contributed by atoms with Crippen LogP contribution < -0.4 is 0 Å². The molecule has 0 atom stereocenters. The number of imidazole rings is 1. The molecule has 1 aromatic heterocycles. The summed E-state index contributed by atoms with van der Waals surface area (Å²) in [5, 5.41) is 18.4. The molecule has 1 heterocycles. The first-order valence-corrected chi connectivity index (χ1v) is 7.16. The number of aromatic nitrogens is 2.